The van der Waals surface area contributed by atoms with Gasteiger partial charge in [0, 0.05) is 5.56 Å². The Bertz CT molecular complexity index is 1030. The molecule has 0 amide bonds. The molecule has 0 spiro atoms. The van der Waals surface area contributed by atoms with Gasteiger partial charge in [0.1, 0.15) is 5.70 Å². The van der Waals surface area contributed by atoms with E-state index < -0.39 is 22.4 Å². The van der Waals surface area contributed by atoms with Gasteiger partial charge in [-0.15, -0.1) is 0 Å². The molecule has 2 aromatic rings. The van der Waals surface area contributed by atoms with Gasteiger partial charge in [-0.05, 0) is 35.9 Å². The molecule has 1 N–H and O–H groups in total. The third-order valence-corrected chi connectivity index (χ3v) is 6.08. The maximum Gasteiger partial charge on any atom is 0.265 e. The fourth-order valence-electron chi connectivity index (χ4n) is 3.01. The Kier molecular flexibility index (Phi) is 3.93. The average Bonchev–Trinajstić information content (AvgIpc) is 3.11. The predicted octanol–water partition coefficient (Wildman–Crippen LogP) is 1.64. The molecule has 0 aliphatic carbocycles. The molecule has 0 aromatic heterocycles. The normalized spacial score (nSPS) is 18.9. The second-order valence-electron chi connectivity index (χ2n) is 5.77. The van der Waals surface area contributed by atoms with Gasteiger partial charge in [0.05, 0.1) is 18.0 Å². The number of carbonyl (C=O) groups is 1. The number of rotatable bonds is 3. The van der Waals surface area contributed by atoms with Crippen LogP contribution in [0.4, 0.5) is 0 Å². The van der Waals surface area contributed by atoms with Crippen molar-refractivity contribution in [3.05, 3.63) is 59.3 Å². The second kappa shape index (κ2) is 6.15. The van der Waals surface area contributed by atoms with E-state index >= 15 is 0 Å². The van der Waals surface area contributed by atoms with E-state index in [-0.39, 0.29) is 29.5 Å². The van der Waals surface area contributed by atoms with Crippen LogP contribution in [0.5, 0.6) is 11.5 Å². The lowest BCUT2D eigenvalue weighted by Gasteiger charge is -2.30. The summed E-state index contributed by atoms with van der Waals surface area (Å²) in [5.74, 6) is 0.702. The lowest BCUT2D eigenvalue weighted by atomic mass is 10.0. The van der Waals surface area contributed by atoms with Crippen molar-refractivity contribution in [3.63, 3.8) is 0 Å². The second-order valence-corrected chi connectivity index (χ2v) is 7.60. The molecule has 2 aliphatic rings. The Morgan fingerprint density at radius 3 is 2.69 bits per heavy atom. The number of aliphatic hydroxyl groups is 1. The van der Waals surface area contributed by atoms with E-state index in [0.717, 1.165) is 4.31 Å². The highest BCUT2D eigenvalue weighted by molar-refractivity contribution is 7.89. The molecular formula is C18H15NO6S. The summed E-state index contributed by atoms with van der Waals surface area (Å²) in [6, 6.07) is 11.1. The summed E-state index contributed by atoms with van der Waals surface area (Å²) in [7, 11) is -3.93. The minimum atomic E-state index is -3.93. The van der Waals surface area contributed by atoms with Crippen LogP contribution in [0.15, 0.2) is 53.1 Å². The van der Waals surface area contributed by atoms with E-state index in [1.165, 1.54) is 18.2 Å². The van der Waals surface area contributed by atoms with Gasteiger partial charge in [0.25, 0.3) is 10.0 Å². The van der Waals surface area contributed by atoms with Crippen LogP contribution in [0.1, 0.15) is 15.9 Å². The minimum absolute atomic E-state index is 0.0170. The van der Waals surface area contributed by atoms with Crippen molar-refractivity contribution >= 4 is 21.9 Å². The Labute approximate surface area is 150 Å². The Balaban J connectivity index is 1.87. The van der Waals surface area contributed by atoms with Crippen LogP contribution >= 0.6 is 0 Å². The van der Waals surface area contributed by atoms with Gasteiger partial charge < -0.3 is 14.6 Å². The first-order valence-electron chi connectivity index (χ1n) is 7.91. The molecule has 4 rings (SSSR count). The maximum absolute atomic E-state index is 12.9. The number of aliphatic hydroxyl groups excluding tert-OH is 1. The number of allylic oxidation sites excluding steroid dienone is 1. The first-order valence-corrected chi connectivity index (χ1v) is 9.35. The molecule has 26 heavy (non-hydrogen) atoms. The van der Waals surface area contributed by atoms with Crippen LogP contribution in [0, 0.1) is 0 Å². The molecule has 8 heteroatoms. The van der Waals surface area contributed by atoms with E-state index in [1.807, 2.05) is 0 Å². The highest BCUT2D eigenvalue weighted by atomic mass is 32.2. The number of hydrogen-bond donors (Lipinski definition) is 1. The molecule has 0 bridgehead atoms. The molecule has 7 nitrogen and oxygen atoms in total. The SMILES string of the molecule is O=C1C(=Cc2ccc3c(c2)OCO3)N(CCO)S(=O)(=O)c2ccccc21. The van der Waals surface area contributed by atoms with Gasteiger partial charge in [-0.2, -0.15) is 0 Å². The van der Waals surface area contributed by atoms with Crippen LogP contribution in [0.3, 0.4) is 0 Å². The lowest BCUT2D eigenvalue weighted by molar-refractivity contribution is 0.0998. The van der Waals surface area contributed by atoms with Crippen LogP contribution in [-0.4, -0.2) is 43.6 Å². The zero-order valence-electron chi connectivity index (χ0n) is 13.6. The van der Waals surface area contributed by atoms with E-state index in [2.05, 4.69) is 0 Å². The summed E-state index contributed by atoms with van der Waals surface area (Å²) >= 11 is 0. The zero-order valence-corrected chi connectivity index (χ0v) is 14.4. The number of ketones is 1. The summed E-state index contributed by atoms with van der Waals surface area (Å²) in [5, 5.41) is 9.31. The van der Waals surface area contributed by atoms with Crippen molar-refractivity contribution in [3.8, 4) is 11.5 Å². The molecule has 0 radical (unpaired) electrons. The molecule has 2 heterocycles. The molecule has 0 saturated heterocycles. The smallest absolute Gasteiger partial charge is 0.265 e. The number of sulfonamides is 1. The number of Topliss-reactive ketones (excluding diaryl/α,β-unsaturated/α-hetero) is 1. The zero-order chi connectivity index (χ0) is 18.3. The Morgan fingerprint density at radius 2 is 1.88 bits per heavy atom. The van der Waals surface area contributed by atoms with Crippen molar-refractivity contribution in [1.82, 2.24) is 4.31 Å². The standard InChI is InChI=1S/C18H15NO6S/c20-8-7-19-14(9-12-5-6-15-16(10-12)25-11-24-15)18(21)13-3-1-2-4-17(13)26(19,22)23/h1-6,9-10,20H,7-8,11H2. The largest absolute Gasteiger partial charge is 0.454 e. The molecule has 0 atom stereocenters. The van der Waals surface area contributed by atoms with E-state index in [1.54, 1.807) is 30.3 Å². The van der Waals surface area contributed by atoms with Crippen LogP contribution in [0.25, 0.3) is 6.08 Å². The Morgan fingerprint density at radius 1 is 1.12 bits per heavy atom. The first-order chi connectivity index (χ1) is 12.5. The van der Waals surface area contributed by atoms with E-state index in [4.69, 9.17) is 9.47 Å². The predicted molar refractivity (Wildman–Crippen MR) is 92.3 cm³/mol. The maximum atomic E-state index is 12.9. The molecule has 134 valence electrons. The third kappa shape index (κ3) is 2.54. The lowest BCUT2D eigenvalue weighted by Crippen LogP contribution is -2.40. The molecule has 0 fully saturated rings. The number of nitrogens with zero attached hydrogens (tertiary/aromatic N) is 1. The highest BCUT2D eigenvalue weighted by Crippen LogP contribution is 2.36. The van der Waals surface area contributed by atoms with Crippen molar-refractivity contribution < 1.29 is 27.8 Å². The van der Waals surface area contributed by atoms with Crippen LogP contribution < -0.4 is 9.47 Å². The number of fused-ring (bicyclic) bond motifs is 2. The van der Waals surface area contributed by atoms with Crippen LogP contribution in [0.2, 0.25) is 0 Å². The van der Waals surface area contributed by atoms with Gasteiger partial charge in [0.2, 0.25) is 12.6 Å². The number of ether oxygens (including phenoxy) is 2. The summed E-state index contributed by atoms with van der Waals surface area (Å²) in [4.78, 5) is 12.9. The number of hydrogen-bond acceptors (Lipinski definition) is 6. The van der Waals surface area contributed by atoms with Crippen LogP contribution in [-0.2, 0) is 10.0 Å². The van der Waals surface area contributed by atoms with Gasteiger partial charge in [0.15, 0.2) is 11.5 Å². The van der Waals surface area contributed by atoms with Gasteiger partial charge >= 0.3 is 0 Å². The van der Waals surface area contributed by atoms with Crippen molar-refractivity contribution in [2.45, 2.75) is 4.90 Å². The van der Waals surface area contributed by atoms with Crippen molar-refractivity contribution in [2.24, 2.45) is 0 Å². The number of benzene rings is 2. The fourth-order valence-corrected chi connectivity index (χ4v) is 4.65. The third-order valence-electron chi connectivity index (χ3n) is 4.20. The topological polar surface area (TPSA) is 93.1 Å². The fraction of sp³-hybridized carbons (Fsp3) is 0.167. The quantitative estimate of drug-likeness (QED) is 0.822. The van der Waals surface area contributed by atoms with Gasteiger partial charge in [-0.3, -0.25) is 9.10 Å². The van der Waals surface area contributed by atoms with Crippen molar-refractivity contribution in [2.75, 3.05) is 19.9 Å². The summed E-state index contributed by atoms with van der Waals surface area (Å²) < 4.78 is 37.3. The molecular weight excluding hydrogens is 358 g/mol. The van der Waals surface area contributed by atoms with Crippen molar-refractivity contribution in [1.29, 1.82) is 0 Å². The number of β-amino-alcohol motifs (C(OH)–C–C–N with tert-alkyl or cyclic N) is 1. The van der Waals surface area contributed by atoms with E-state index in [9.17, 15) is 18.3 Å². The monoisotopic (exact) mass is 373 g/mol. The molecule has 2 aliphatic heterocycles. The summed E-state index contributed by atoms with van der Waals surface area (Å²) in [6.45, 7) is -0.501. The Hall–Kier alpha value is -2.84. The first kappa shape index (κ1) is 16.6. The highest BCUT2D eigenvalue weighted by Gasteiger charge is 2.38. The molecule has 0 saturated carbocycles. The number of carbonyl (C=O) groups excluding carboxylic acids is 1. The average molecular weight is 373 g/mol. The summed E-state index contributed by atoms with van der Waals surface area (Å²) in [5.41, 5.74) is 0.695. The van der Waals surface area contributed by atoms with E-state index in [0.29, 0.717) is 17.1 Å². The summed E-state index contributed by atoms with van der Waals surface area (Å²) in [6.07, 6.45) is 1.48. The van der Waals surface area contributed by atoms with Gasteiger partial charge in [-0.1, -0.05) is 18.2 Å². The minimum Gasteiger partial charge on any atom is -0.454 e. The molecule has 0 unspecified atom stereocenters. The molecule has 2 aromatic carbocycles. The van der Waals surface area contributed by atoms with Gasteiger partial charge in [-0.25, -0.2) is 8.42 Å².